The van der Waals surface area contributed by atoms with E-state index in [0.29, 0.717) is 0 Å². The lowest BCUT2D eigenvalue weighted by Crippen LogP contribution is -2.16. The molecule has 0 fully saturated rings. The van der Waals surface area contributed by atoms with Crippen molar-refractivity contribution in [2.45, 2.75) is 18.6 Å². The van der Waals surface area contributed by atoms with Crippen LogP contribution in [0.15, 0.2) is 36.7 Å². The van der Waals surface area contributed by atoms with Crippen LogP contribution in [0.25, 0.3) is 0 Å². The molecule has 2 N–H and O–H groups in total. The van der Waals surface area contributed by atoms with Crippen LogP contribution in [0.3, 0.4) is 0 Å². The minimum absolute atomic E-state index is 0.248. The van der Waals surface area contributed by atoms with Crippen molar-refractivity contribution in [3.63, 3.8) is 0 Å². The van der Waals surface area contributed by atoms with E-state index in [2.05, 4.69) is 10.3 Å². The average Bonchev–Trinajstić information content (AvgIpc) is 2.53. The van der Waals surface area contributed by atoms with Gasteiger partial charge in [0.15, 0.2) is 0 Å². The van der Waals surface area contributed by atoms with Crippen LogP contribution in [0.2, 0.25) is 0 Å². The Morgan fingerprint density at radius 1 is 1.31 bits per heavy atom. The highest BCUT2D eigenvalue weighted by molar-refractivity contribution is 5.43. The SMILES string of the molecule is O[C@@H]1C=C[C@H](Nc2ccncc2)C1. The first-order valence-corrected chi connectivity index (χ1v) is 4.37. The average molecular weight is 176 g/mol. The minimum Gasteiger partial charge on any atom is -0.389 e. The Hall–Kier alpha value is -1.35. The van der Waals surface area contributed by atoms with Crippen LogP contribution in [0.4, 0.5) is 5.69 Å². The lowest BCUT2D eigenvalue weighted by molar-refractivity contribution is 0.220. The third-order valence-corrected chi connectivity index (χ3v) is 2.09. The van der Waals surface area contributed by atoms with E-state index in [0.717, 1.165) is 12.1 Å². The summed E-state index contributed by atoms with van der Waals surface area (Å²) in [6.07, 6.45) is 7.76. The molecule has 13 heavy (non-hydrogen) atoms. The number of nitrogens with one attached hydrogen (secondary N) is 1. The van der Waals surface area contributed by atoms with Crippen LogP contribution >= 0.6 is 0 Å². The first kappa shape index (κ1) is 8.26. The molecular weight excluding hydrogens is 164 g/mol. The number of aromatic nitrogens is 1. The van der Waals surface area contributed by atoms with Crippen molar-refractivity contribution in [1.29, 1.82) is 0 Å². The first-order valence-electron chi connectivity index (χ1n) is 4.37. The fourth-order valence-electron chi connectivity index (χ4n) is 1.45. The van der Waals surface area contributed by atoms with E-state index >= 15 is 0 Å². The fraction of sp³-hybridized carbons (Fsp3) is 0.300. The molecule has 1 aliphatic rings. The van der Waals surface area contributed by atoms with Crippen molar-refractivity contribution >= 4 is 5.69 Å². The zero-order chi connectivity index (χ0) is 9.10. The van der Waals surface area contributed by atoms with Gasteiger partial charge in [0.2, 0.25) is 0 Å². The molecule has 0 saturated heterocycles. The number of anilines is 1. The maximum absolute atomic E-state index is 9.24. The van der Waals surface area contributed by atoms with Crippen LogP contribution in [0.1, 0.15) is 6.42 Å². The molecule has 1 aromatic rings. The predicted octanol–water partition coefficient (Wildman–Crippen LogP) is 1.18. The summed E-state index contributed by atoms with van der Waals surface area (Å²) in [4.78, 5) is 3.93. The maximum atomic E-state index is 9.24. The van der Waals surface area contributed by atoms with Gasteiger partial charge >= 0.3 is 0 Å². The van der Waals surface area contributed by atoms with E-state index in [1.165, 1.54) is 0 Å². The molecule has 0 aromatic carbocycles. The van der Waals surface area contributed by atoms with Crippen molar-refractivity contribution in [1.82, 2.24) is 4.98 Å². The Morgan fingerprint density at radius 3 is 2.69 bits per heavy atom. The Bertz CT molecular complexity index is 297. The third-order valence-electron chi connectivity index (χ3n) is 2.09. The molecule has 0 saturated carbocycles. The van der Waals surface area contributed by atoms with Gasteiger partial charge in [-0.1, -0.05) is 12.2 Å². The molecule has 1 aromatic heterocycles. The minimum atomic E-state index is -0.292. The number of hydrogen-bond acceptors (Lipinski definition) is 3. The van der Waals surface area contributed by atoms with Gasteiger partial charge in [-0.3, -0.25) is 4.98 Å². The fourth-order valence-corrected chi connectivity index (χ4v) is 1.45. The summed E-state index contributed by atoms with van der Waals surface area (Å²) in [6.45, 7) is 0. The predicted molar refractivity (Wildman–Crippen MR) is 51.4 cm³/mol. The number of pyridine rings is 1. The van der Waals surface area contributed by atoms with Gasteiger partial charge in [0.25, 0.3) is 0 Å². The summed E-state index contributed by atoms with van der Waals surface area (Å²) in [6, 6.07) is 4.08. The molecule has 0 unspecified atom stereocenters. The third kappa shape index (κ3) is 2.06. The first-order chi connectivity index (χ1) is 6.34. The van der Waals surface area contributed by atoms with Crippen LogP contribution in [0.5, 0.6) is 0 Å². The van der Waals surface area contributed by atoms with Gasteiger partial charge in [-0.2, -0.15) is 0 Å². The molecule has 68 valence electrons. The second kappa shape index (κ2) is 3.58. The molecule has 0 amide bonds. The number of rotatable bonds is 2. The van der Waals surface area contributed by atoms with Crippen molar-refractivity contribution in [2.24, 2.45) is 0 Å². The summed E-state index contributed by atoms with van der Waals surface area (Å²) < 4.78 is 0. The van der Waals surface area contributed by atoms with E-state index in [4.69, 9.17) is 0 Å². The summed E-state index contributed by atoms with van der Waals surface area (Å²) in [7, 11) is 0. The topological polar surface area (TPSA) is 45.1 Å². The number of aliphatic hydroxyl groups excluding tert-OH is 1. The quantitative estimate of drug-likeness (QED) is 0.665. The second-order valence-corrected chi connectivity index (χ2v) is 3.17. The molecule has 0 bridgehead atoms. The van der Waals surface area contributed by atoms with Crippen molar-refractivity contribution < 1.29 is 5.11 Å². The van der Waals surface area contributed by atoms with E-state index in [-0.39, 0.29) is 12.1 Å². The molecular formula is C10H12N2O. The maximum Gasteiger partial charge on any atom is 0.0744 e. The van der Waals surface area contributed by atoms with Crippen LogP contribution in [-0.2, 0) is 0 Å². The summed E-state index contributed by atoms with van der Waals surface area (Å²) >= 11 is 0. The summed E-state index contributed by atoms with van der Waals surface area (Å²) in [5.41, 5.74) is 1.04. The van der Waals surface area contributed by atoms with E-state index in [1.54, 1.807) is 12.4 Å². The molecule has 3 nitrogen and oxygen atoms in total. The highest BCUT2D eigenvalue weighted by Crippen LogP contribution is 2.15. The van der Waals surface area contributed by atoms with Crippen molar-refractivity contribution in [3.05, 3.63) is 36.7 Å². The lowest BCUT2D eigenvalue weighted by atomic mass is 10.2. The molecule has 2 atom stereocenters. The Balaban J connectivity index is 1.96. The number of hydrogen-bond donors (Lipinski definition) is 2. The van der Waals surface area contributed by atoms with Gasteiger partial charge in [0.05, 0.1) is 6.10 Å². The molecule has 1 heterocycles. The standard InChI is InChI=1S/C10H12N2O/c13-10-2-1-9(7-10)12-8-3-5-11-6-4-8/h1-6,9-10,13H,7H2,(H,11,12)/t9-,10+/m0/s1. The Morgan fingerprint density at radius 2 is 2.08 bits per heavy atom. The van der Waals surface area contributed by atoms with E-state index in [9.17, 15) is 5.11 Å². The molecule has 0 radical (unpaired) electrons. The lowest BCUT2D eigenvalue weighted by Gasteiger charge is -2.12. The van der Waals surface area contributed by atoms with Gasteiger partial charge in [-0.15, -0.1) is 0 Å². The zero-order valence-corrected chi connectivity index (χ0v) is 7.22. The highest BCUT2D eigenvalue weighted by atomic mass is 16.3. The van der Waals surface area contributed by atoms with Gasteiger partial charge in [-0.25, -0.2) is 0 Å². The van der Waals surface area contributed by atoms with Crippen molar-refractivity contribution in [3.8, 4) is 0 Å². The zero-order valence-electron chi connectivity index (χ0n) is 7.22. The van der Waals surface area contributed by atoms with Crippen molar-refractivity contribution in [2.75, 3.05) is 5.32 Å². The second-order valence-electron chi connectivity index (χ2n) is 3.17. The van der Waals surface area contributed by atoms with E-state index in [1.807, 2.05) is 24.3 Å². The van der Waals surface area contributed by atoms with Gasteiger partial charge < -0.3 is 10.4 Å². The van der Waals surface area contributed by atoms with Crippen LogP contribution in [-0.4, -0.2) is 22.2 Å². The number of aliphatic hydroxyl groups is 1. The van der Waals surface area contributed by atoms with Gasteiger partial charge in [-0.05, 0) is 12.1 Å². The largest absolute Gasteiger partial charge is 0.389 e. The molecule has 0 spiro atoms. The molecule has 2 rings (SSSR count). The van der Waals surface area contributed by atoms with Gasteiger partial charge in [0.1, 0.15) is 0 Å². The molecule has 3 heteroatoms. The smallest absolute Gasteiger partial charge is 0.0744 e. The van der Waals surface area contributed by atoms with E-state index < -0.39 is 0 Å². The Kier molecular flexibility index (Phi) is 2.27. The molecule has 0 aliphatic heterocycles. The van der Waals surface area contributed by atoms with Crippen LogP contribution in [0, 0.1) is 0 Å². The van der Waals surface area contributed by atoms with Gasteiger partial charge in [0, 0.05) is 30.5 Å². The highest BCUT2D eigenvalue weighted by Gasteiger charge is 2.15. The molecule has 1 aliphatic carbocycles. The summed E-state index contributed by atoms with van der Waals surface area (Å²) in [5, 5.41) is 12.5. The van der Waals surface area contributed by atoms with Crippen LogP contribution < -0.4 is 5.32 Å². The number of nitrogens with zero attached hydrogens (tertiary/aromatic N) is 1. The Labute approximate surface area is 77.1 Å². The monoisotopic (exact) mass is 176 g/mol. The normalized spacial score (nSPS) is 26.2. The summed E-state index contributed by atoms with van der Waals surface area (Å²) in [5.74, 6) is 0.